The van der Waals surface area contributed by atoms with Gasteiger partial charge >= 0.3 is 5.69 Å². The number of benzene rings is 1. The third kappa shape index (κ3) is 2.99. The fourth-order valence-corrected chi connectivity index (χ4v) is 1.82. The maximum atomic E-state index is 11.0. The highest BCUT2D eigenvalue weighted by Crippen LogP contribution is 2.33. The Bertz CT molecular complexity index is 675. The summed E-state index contributed by atoms with van der Waals surface area (Å²) in [5, 5.41) is 11.0. The van der Waals surface area contributed by atoms with Crippen LogP contribution in [0.25, 0.3) is 0 Å². The minimum absolute atomic E-state index is 0.158. The Balaban J connectivity index is 2.39. The van der Waals surface area contributed by atoms with Crippen LogP contribution in [-0.4, -0.2) is 22.0 Å². The molecule has 21 heavy (non-hydrogen) atoms. The van der Waals surface area contributed by atoms with E-state index in [9.17, 15) is 10.1 Å². The molecule has 0 saturated carbocycles. The van der Waals surface area contributed by atoms with E-state index >= 15 is 0 Å². The van der Waals surface area contributed by atoms with E-state index in [1.54, 1.807) is 6.07 Å². The zero-order chi connectivity index (χ0) is 15.4. The molecule has 1 aromatic heterocycles. The van der Waals surface area contributed by atoms with Crippen LogP contribution in [0.4, 0.5) is 11.5 Å². The normalized spacial score (nSPS) is 10.2. The van der Waals surface area contributed by atoms with Gasteiger partial charge in [-0.25, -0.2) is 9.97 Å². The smallest absolute Gasteiger partial charge is 0.314 e. The lowest BCUT2D eigenvalue weighted by Gasteiger charge is -2.10. The SMILES string of the molecule is CCc1c(N)ncnc1Oc1ccc(OC)c([N+](=O)[O-])c1. The highest BCUT2D eigenvalue weighted by atomic mass is 16.6. The molecular weight excluding hydrogens is 276 g/mol. The zero-order valence-corrected chi connectivity index (χ0v) is 11.6. The molecule has 0 spiro atoms. The first-order valence-corrected chi connectivity index (χ1v) is 6.16. The zero-order valence-electron chi connectivity index (χ0n) is 11.6. The molecule has 2 aromatic rings. The van der Waals surface area contributed by atoms with E-state index in [4.69, 9.17) is 15.2 Å². The van der Waals surface area contributed by atoms with E-state index in [1.165, 1.54) is 25.6 Å². The average Bonchev–Trinajstić information content (AvgIpc) is 2.47. The van der Waals surface area contributed by atoms with Gasteiger partial charge in [-0.2, -0.15) is 0 Å². The van der Waals surface area contributed by atoms with E-state index < -0.39 is 4.92 Å². The van der Waals surface area contributed by atoms with E-state index in [0.717, 1.165) is 0 Å². The van der Waals surface area contributed by atoms with E-state index in [1.807, 2.05) is 6.92 Å². The number of nitro groups is 1. The predicted molar refractivity (Wildman–Crippen MR) is 75.5 cm³/mol. The Morgan fingerprint density at radius 1 is 1.38 bits per heavy atom. The first kappa shape index (κ1) is 14.5. The summed E-state index contributed by atoms with van der Waals surface area (Å²) in [6.07, 6.45) is 1.86. The van der Waals surface area contributed by atoms with Crippen molar-refractivity contribution in [3.05, 3.63) is 40.2 Å². The summed E-state index contributed by atoms with van der Waals surface area (Å²) in [6.45, 7) is 1.89. The van der Waals surface area contributed by atoms with Gasteiger partial charge < -0.3 is 15.2 Å². The number of rotatable bonds is 5. The molecule has 0 aliphatic heterocycles. The lowest BCUT2D eigenvalue weighted by Crippen LogP contribution is -2.02. The van der Waals surface area contributed by atoms with Gasteiger partial charge in [0.15, 0.2) is 5.75 Å². The van der Waals surface area contributed by atoms with Crippen LogP contribution in [0.5, 0.6) is 17.4 Å². The second-order valence-electron chi connectivity index (χ2n) is 4.09. The Labute approximate surface area is 120 Å². The Morgan fingerprint density at radius 3 is 2.76 bits per heavy atom. The van der Waals surface area contributed by atoms with E-state index in [2.05, 4.69) is 9.97 Å². The average molecular weight is 290 g/mol. The standard InChI is InChI=1S/C13H14N4O4/c1-3-9-12(14)15-7-16-13(9)21-8-4-5-11(20-2)10(6-8)17(18)19/h4-7H,3H2,1-2H3,(H2,14,15,16). The number of aromatic nitrogens is 2. The molecular formula is C13H14N4O4. The number of methoxy groups -OCH3 is 1. The Morgan fingerprint density at radius 2 is 2.14 bits per heavy atom. The summed E-state index contributed by atoms with van der Waals surface area (Å²) in [6, 6.07) is 4.30. The number of nitrogens with two attached hydrogens (primary N) is 1. The van der Waals surface area contributed by atoms with Crippen molar-refractivity contribution in [1.82, 2.24) is 9.97 Å². The highest BCUT2D eigenvalue weighted by molar-refractivity contribution is 5.52. The van der Waals surface area contributed by atoms with Gasteiger partial charge in [-0.1, -0.05) is 6.92 Å². The fourth-order valence-electron chi connectivity index (χ4n) is 1.82. The second-order valence-corrected chi connectivity index (χ2v) is 4.09. The molecule has 2 N–H and O–H groups in total. The maximum Gasteiger partial charge on any atom is 0.314 e. The Hall–Kier alpha value is -2.90. The summed E-state index contributed by atoms with van der Waals surface area (Å²) in [7, 11) is 1.36. The third-order valence-corrected chi connectivity index (χ3v) is 2.85. The summed E-state index contributed by atoms with van der Waals surface area (Å²) in [5.41, 5.74) is 6.21. The van der Waals surface area contributed by atoms with Crippen molar-refractivity contribution in [1.29, 1.82) is 0 Å². The van der Waals surface area contributed by atoms with E-state index in [0.29, 0.717) is 17.8 Å². The van der Waals surface area contributed by atoms with Crippen LogP contribution in [0, 0.1) is 10.1 Å². The molecule has 0 atom stereocenters. The number of ether oxygens (including phenoxy) is 2. The maximum absolute atomic E-state index is 11.0. The molecule has 1 aromatic carbocycles. The highest BCUT2D eigenvalue weighted by Gasteiger charge is 2.17. The van der Waals surface area contributed by atoms with E-state index in [-0.39, 0.29) is 23.1 Å². The molecule has 110 valence electrons. The van der Waals surface area contributed by atoms with Crippen LogP contribution in [0.1, 0.15) is 12.5 Å². The molecule has 0 fully saturated rings. The largest absolute Gasteiger partial charge is 0.490 e. The van der Waals surface area contributed by atoms with Gasteiger partial charge in [0.2, 0.25) is 5.88 Å². The lowest BCUT2D eigenvalue weighted by molar-refractivity contribution is -0.385. The van der Waals surface area contributed by atoms with Crippen molar-refractivity contribution >= 4 is 11.5 Å². The van der Waals surface area contributed by atoms with Crippen LogP contribution < -0.4 is 15.2 Å². The monoisotopic (exact) mass is 290 g/mol. The molecule has 0 bridgehead atoms. The lowest BCUT2D eigenvalue weighted by atomic mass is 10.2. The van der Waals surface area contributed by atoms with Gasteiger partial charge in [-0.3, -0.25) is 10.1 Å². The molecule has 0 unspecified atom stereocenters. The van der Waals surface area contributed by atoms with Gasteiger partial charge in [-0.15, -0.1) is 0 Å². The van der Waals surface area contributed by atoms with Crippen molar-refractivity contribution in [3.63, 3.8) is 0 Å². The summed E-state index contributed by atoms with van der Waals surface area (Å²) < 4.78 is 10.5. The van der Waals surface area contributed by atoms with Gasteiger partial charge in [0, 0.05) is 0 Å². The van der Waals surface area contributed by atoms with Crippen LogP contribution >= 0.6 is 0 Å². The molecule has 0 aliphatic carbocycles. The van der Waals surface area contributed by atoms with Gasteiger partial charge in [0.1, 0.15) is 17.9 Å². The fraction of sp³-hybridized carbons (Fsp3) is 0.231. The molecule has 0 radical (unpaired) electrons. The second kappa shape index (κ2) is 6.04. The van der Waals surface area contributed by atoms with Crippen molar-refractivity contribution in [2.24, 2.45) is 0 Å². The van der Waals surface area contributed by atoms with Gasteiger partial charge in [0.25, 0.3) is 0 Å². The summed E-state index contributed by atoms with van der Waals surface area (Å²) in [4.78, 5) is 18.3. The summed E-state index contributed by atoms with van der Waals surface area (Å²) in [5.74, 6) is 1.04. The van der Waals surface area contributed by atoms with Crippen LogP contribution in [0.3, 0.4) is 0 Å². The number of nitrogens with zero attached hydrogens (tertiary/aromatic N) is 3. The molecule has 8 heteroatoms. The minimum atomic E-state index is -0.541. The summed E-state index contributed by atoms with van der Waals surface area (Å²) >= 11 is 0. The number of hydrogen-bond acceptors (Lipinski definition) is 7. The molecule has 8 nitrogen and oxygen atoms in total. The van der Waals surface area contributed by atoms with Crippen molar-refractivity contribution in [2.45, 2.75) is 13.3 Å². The molecule has 0 saturated heterocycles. The van der Waals surface area contributed by atoms with Crippen LogP contribution in [0.2, 0.25) is 0 Å². The molecule has 1 heterocycles. The van der Waals surface area contributed by atoms with Crippen molar-refractivity contribution in [2.75, 3.05) is 12.8 Å². The molecule has 0 amide bonds. The third-order valence-electron chi connectivity index (χ3n) is 2.85. The number of hydrogen-bond donors (Lipinski definition) is 1. The quantitative estimate of drug-likeness (QED) is 0.663. The molecule has 2 rings (SSSR count). The van der Waals surface area contributed by atoms with Crippen LogP contribution in [-0.2, 0) is 6.42 Å². The minimum Gasteiger partial charge on any atom is -0.490 e. The predicted octanol–water partition coefficient (Wildman–Crippen LogP) is 2.33. The van der Waals surface area contributed by atoms with Gasteiger partial charge in [-0.05, 0) is 18.6 Å². The molecule has 0 aliphatic rings. The first-order valence-electron chi connectivity index (χ1n) is 6.16. The van der Waals surface area contributed by atoms with Crippen molar-refractivity contribution < 1.29 is 14.4 Å². The topological polar surface area (TPSA) is 113 Å². The number of anilines is 1. The van der Waals surface area contributed by atoms with Crippen molar-refractivity contribution in [3.8, 4) is 17.4 Å². The number of nitrogen functional groups attached to an aromatic ring is 1. The first-order chi connectivity index (χ1) is 10.1. The number of nitro benzene ring substituents is 1. The Kier molecular flexibility index (Phi) is 4.17. The van der Waals surface area contributed by atoms with Gasteiger partial charge in [0.05, 0.1) is 23.7 Å². The van der Waals surface area contributed by atoms with Crippen LogP contribution in [0.15, 0.2) is 24.5 Å².